The zero-order valence-corrected chi connectivity index (χ0v) is 12.9. The van der Waals surface area contributed by atoms with Gasteiger partial charge in [-0.3, -0.25) is 9.59 Å². The predicted octanol–water partition coefficient (Wildman–Crippen LogP) is 2.58. The summed E-state index contributed by atoms with van der Waals surface area (Å²) in [7, 11) is 0. The van der Waals surface area contributed by atoms with E-state index in [0.29, 0.717) is 30.4 Å². The molecule has 0 aliphatic rings. The number of aromatic nitrogens is 1. The lowest BCUT2D eigenvalue weighted by Crippen LogP contribution is -2.37. The third-order valence-corrected chi connectivity index (χ3v) is 3.05. The second-order valence-electron chi connectivity index (χ2n) is 4.36. The summed E-state index contributed by atoms with van der Waals surface area (Å²) in [5, 5.41) is 0.522. The number of hydrogen-bond acceptors (Lipinski definition) is 3. The van der Waals surface area contributed by atoms with Gasteiger partial charge in [-0.15, -0.1) is 0 Å². The molecule has 5 nitrogen and oxygen atoms in total. The van der Waals surface area contributed by atoms with Gasteiger partial charge in [-0.2, -0.15) is 0 Å². The number of nitrogens with zero attached hydrogens (tertiary/aromatic N) is 2. The molecule has 0 saturated carbocycles. The fourth-order valence-corrected chi connectivity index (χ4v) is 2.15. The fourth-order valence-electron chi connectivity index (χ4n) is 1.93. The summed E-state index contributed by atoms with van der Waals surface area (Å²) >= 11 is 5.97. The van der Waals surface area contributed by atoms with Gasteiger partial charge in [-0.05, 0) is 26.3 Å². The molecule has 0 radical (unpaired) electrons. The molecule has 0 aliphatic heterocycles. The third-order valence-electron chi connectivity index (χ3n) is 2.84. The van der Waals surface area contributed by atoms with Gasteiger partial charge in [0.15, 0.2) is 0 Å². The summed E-state index contributed by atoms with van der Waals surface area (Å²) in [4.78, 5) is 25.4. The van der Waals surface area contributed by atoms with Gasteiger partial charge in [0.25, 0.3) is 5.91 Å². The lowest BCUT2D eigenvalue weighted by Gasteiger charge is -2.20. The molecule has 0 saturated heterocycles. The number of amides is 1. The lowest BCUT2D eigenvalue weighted by molar-refractivity contribution is -0.143. The summed E-state index contributed by atoms with van der Waals surface area (Å²) in [6.45, 7) is 7.00. The Hall–Kier alpha value is -1.49. The van der Waals surface area contributed by atoms with Gasteiger partial charge < -0.3 is 14.2 Å². The van der Waals surface area contributed by atoms with Crippen LogP contribution in [0.3, 0.4) is 0 Å². The van der Waals surface area contributed by atoms with Gasteiger partial charge >= 0.3 is 5.97 Å². The highest BCUT2D eigenvalue weighted by Gasteiger charge is 2.21. The zero-order chi connectivity index (χ0) is 15.1. The first-order valence-corrected chi connectivity index (χ1v) is 7.21. The van der Waals surface area contributed by atoms with E-state index in [1.807, 2.05) is 18.4 Å². The van der Waals surface area contributed by atoms with Crippen LogP contribution in [0.25, 0.3) is 0 Å². The number of aryl methyl sites for hydroxylation is 1. The SMILES string of the molecule is CCCn1cc(Cl)cc1C(=O)N(CC)CC(=O)OCC. The van der Waals surface area contributed by atoms with E-state index in [0.717, 1.165) is 6.42 Å². The molecule has 20 heavy (non-hydrogen) atoms. The third kappa shape index (κ3) is 4.27. The van der Waals surface area contributed by atoms with E-state index in [-0.39, 0.29) is 12.5 Å². The van der Waals surface area contributed by atoms with Crippen molar-refractivity contribution in [3.63, 3.8) is 0 Å². The van der Waals surface area contributed by atoms with Crippen LogP contribution >= 0.6 is 11.6 Å². The number of carbonyl (C=O) groups excluding carboxylic acids is 2. The molecule has 0 aromatic carbocycles. The highest BCUT2D eigenvalue weighted by atomic mass is 35.5. The monoisotopic (exact) mass is 300 g/mol. The Balaban J connectivity index is 2.87. The van der Waals surface area contributed by atoms with E-state index in [2.05, 4.69) is 0 Å². The van der Waals surface area contributed by atoms with Crippen molar-refractivity contribution in [3.05, 3.63) is 23.0 Å². The van der Waals surface area contributed by atoms with E-state index in [1.165, 1.54) is 4.90 Å². The summed E-state index contributed by atoms with van der Waals surface area (Å²) in [5.74, 6) is -0.608. The molecule has 0 N–H and O–H groups in total. The van der Waals surface area contributed by atoms with Crippen molar-refractivity contribution in [3.8, 4) is 0 Å². The standard InChI is InChI=1S/C14H21ClN2O3/c1-4-7-17-9-11(15)8-12(17)14(19)16(5-2)10-13(18)20-6-3/h8-9H,4-7,10H2,1-3H3. The topological polar surface area (TPSA) is 51.5 Å². The molecule has 1 aromatic heterocycles. The van der Waals surface area contributed by atoms with Crippen molar-refractivity contribution in [1.82, 2.24) is 9.47 Å². The number of ether oxygens (including phenoxy) is 1. The molecule has 0 unspecified atom stereocenters. The van der Waals surface area contributed by atoms with E-state index >= 15 is 0 Å². The molecule has 0 spiro atoms. The highest BCUT2D eigenvalue weighted by molar-refractivity contribution is 6.31. The van der Waals surface area contributed by atoms with E-state index in [9.17, 15) is 9.59 Å². The Bertz CT molecular complexity index is 471. The summed E-state index contributed by atoms with van der Waals surface area (Å²) in [6, 6.07) is 1.63. The Morgan fingerprint density at radius 1 is 1.35 bits per heavy atom. The van der Waals surface area contributed by atoms with Crippen LogP contribution in [-0.2, 0) is 16.1 Å². The molecule has 0 aliphatic carbocycles. The van der Waals surface area contributed by atoms with Crippen molar-refractivity contribution in [2.45, 2.75) is 33.7 Å². The van der Waals surface area contributed by atoms with E-state index in [1.54, 1.807) is 19.2 Å². The van der Waals surface area contributed by atoms with Crippen LogP contribution in [0.1, 0.15) is 37.7 Å². The number of hydrogen-bond donors (Lipinski definition) is 0. The average Bonchev–Trinajstić information content (AvgIpc) is 2.77. The first kappa shape index (κ1) is 16.6. The minimum absolute atomic E-state index is 0.0436. The largest absolute Gasteiger partial charge is 0.465 e. The lowest BCUT2D eigenvalue weighted by atomic mass is 10.3. The number of esters is 1. The normalized spacial score (nSPS) is 10.4. The Morgan fingerprint density at radius 3 is 2.60 bits per heavy atom. The fraction of sp³-hybridized carbons (Fsp3) is 0.571. The summed E-state index contributed by atoms with van der Waals surface area (Å²) in [5.41, 5.74) is 0.503. The van der Waals surface area contributed by atoms with Crippen molar-refractivity contribution in [1.29, 1.82) is 0 Å². The molecule has 6 heteroatoms. The van der Waals surface area contributed by atoms with Crippen LogP contribution in [-0.4, -0.2) is 41.0 Å². The molecule has 1 amide bonds. The molecular weight excluding hydrogens is 280 g/mol. The molecular formula is C14H21ClN2O3. The van der Waals surface area contributed by atoms with Crippen molar-refractivity contribution in [2.75, 3.05) is 19.7 Å². The Kier molecular flexibility index (Phi) is 6.58. The van der Waals surface area contributed by atoms with Gasteiger partial charge in [-0.25, -0.2) is 0 Å². The zero-order valence-electron chi connectivity index (χ0n) is 12.2. The van der Waals surface area contributed by atoms with Crippen LogP contribution in [0.5, 0.6) is 0 Å². The number of halogens is 1. The number of likely N-dealkylation sites (N-methyl/N-ethyl adjacent to an activating group) is 1. The average molecular weight is 301 g/mol. The van der Waals surface area contributed by atoms with Crippen LogP contribution < -0.4 is 0 Å². The van der Waals surface area contributed by atoms with Gasteiger partial charge in [0, 0.05) is 19.3 Å². The molecule has 0 bridgehead atoms. The summed E-state index contributed by atoms with van der Waals surface area (Å²) < 4.78 is 6.70. The predicted molar refractivity (Wildman–Crippen MR) is 77.9 cm³/mol. The molecule has 1 aromatic rings. The van der Waals surface area contributed by atoms with Crippen molar-refractivity contribution in [2.24, 2.45) is 0 Å². The minimum Gasteiger partial charge on any atom is -0.465 e. The molecule has 0 fully saturated rings. The van der Waals surface area contributed by atoms with Gasteiger partial charge in [0.1, 0.15) is 12.2 Å². The smallest absolute Gasteiger partial charge is 0.325 e. The van der Waals surface area contributed by atoms with Gasteiger partial charge in [0.2, 0.25) is 0 Å². The van der Waals surface area contributed by atoms with Gasteiger partial charge in [-0.1, -0.05) is 18.5 Å². The maximum atomic E-state index is 12.5. The maximum absolute atomic E-state index is 12.5. The quantitative estimate of drug-likeness (QED) is 0.727. The van der Waals surface area contributed by atoms with Crippen molar-refractivity contribution >= 4 is 23.5 Å². The Morgan fingerprint density at radius 2 is 2.05 bits per heavy atom. The van der Waals surface area contributed by atoms with Crippen LogP contribution in [0.15, 0.2) is 12.3 Å². The molecule has 1 rings (SSSR count). The van der Waals surface area contributed by atoms with Crippen LogP contribution in [0.4, 0.5) is 0 Å². The van der Waals surface area contributed by atoms with E-state index < -0.39 is 5.97 Å². The molecule has 112 valence electrons. The summed E-state index contributed by atoms with van der Waals surface area (Å²) in [6.07, 6.45) is 2.63. The minimum atomic E-state index is -0.401. The number of rotatable bonds is 7. The number of carbonyl (C=O) groups is 2. The van der Waals surface area contributed by atoms with Crippen LogP contribution in [0, 0.1) is 0 Å². The van der Waals surface area contributed by atoms with Crippen LogP contribution in [0.2, 0.25) is 5.02 Å². The van der Waals surface area contributed by atoms with Crippen molar-refractivity contribution < 1.29 is 14.3 Å². The second kappa shape index (κ2) is 7.94. The van der Waals surface area contributed by atoms with Gasteiger partial charge in [0.05, 0.1) is 11.6 Å². The first-order chi connectivity index (χ1) is 9.53. The maximum Gasteiger partial charge on any atom is 0.325 e. The van der Waals surface area contributed by atoms with E-state index in [4.69, 9.17) is 16.3 Å². The molecule has 0 atom stereocenters. The first-order valence-electron chi connectivity index (χ1n) is 6.84. The Labute approximate surface area is 124 Å². The highest BCUT2D eigenvalue weighted by Crippen LogP contribution is 2.16. The second-order valence-corrected chi connectivity index (χ2v) is 4.80. The molecule has 1 heterocycles.